The third-order valence-corrected chi connectivity index (χ3v) is 17.5. The number of aliphatic hydroxyl groups is 2. The summed E-state index contributed by atoms with van der Waals surface area (Å²) in [5.74, 6) is -0.621. The maximum atomic E-state index is 11.5. The second kappa shape index (κ2) is 25.3. The van der Waals surface area contributed by atoms with Crippen molar-refractivity contribution in [2.24, 2.45) is 0 Å². The normalized spacial score (nSPS) is 15.6. The number of aliphatic carboxylic acids is 1. The topological polar surface area (TPSA) is 94.8 Å². The average Bonchev–Trinajstić information content (AvgIpc) is 3.40. The fraction of sp³-hybridized carbons (Fsp3) is 0.408. The van der Waals surface area contributed by atoms with Crippen LogP contribution in [0.4, 0.5) is 0 Å². The molecular weight excluding hydrogens is 933 g/mol. The molecule has 5 heteroatoms. The molecule has 2 saturated carbocycles. The Morgan fingerprint density at radius 3 is 1.09 bits per heavy atom. The number of ketones is 1. The van der Waals surface area contributed by atoms with Crippen LogP contribution < -0.4 is 0 Å². The first-order valence-electron chi connectivity index (χ1n) is 28.6. The van der Waals surface area contributed by atoms with Crippen LogP contribution in [0, 0.1) is 27.7 Å². The van der Waals surface area contributed by atoms with Crippen LogP contribution in [0.15, 0.2) is 133 Å². The molecule has 0 radical (unpaired) electrons. The number of hydrogen-bond acceptors (Lipinski definition) is 4. The molecule has 0 saturated heterocycles. The molecule has 2 aliphatic carbocycles. The minimum atomic E-state index is -0.811. The number of carbonyl (C=O) groups is 2. The minimum Gasteiger partial charge on any atom is -0.481 e. The first-order valence-corrected chi connectivity index (χ1v) is 28.6. The average molecular weight is 1020 g/mol. The van der Waals surface area contributed by atoms with Crippen molar-refractivity contribution in [2.75, 3.05) is 0 Å². The second-order valence-electron chi connectivity index (χ2n) is 22.6. The number of carboxylic acid groups (broad SMARTS) is 1. The number of aryl methyl sites for hydroxylation is 4. The predicted molar refractivity (Wildman–Crippen MR) is 318 cm³/mol. The molecule has 0 bridgehead atoms. The summed E-state index contributed by atoms with van der Waals surface area (Å²) in [5.41, 5.74) is 17.9. The van der Waals surface area contributed by atoms with E-state index in [0.717, 1.165) is 93.7 Å². The molecule has 2 fully saturated rings. The van der Waals surface area contributed by atoms with Gasteiger partial charge in [-0.3, -0.25) is 9.59 Å². The summed E-state index contributed by atoms with van der Waals surface area (Å²) in [6.07, 6.45) is 23.2. The fourth-order valence-corrected chi connectivity index (χ4v) is 12.6. The van der Waals surface area contributed by atoms with E-state index in [1.807, 2.05) is 36.4 Å². The van der Waals surface area contributed by atoms with Crippen molar-refractivity contribution in [3.63, 3.8) is 0 Å². The molecular formula is C71H86O5. The molecule has 0 unspecified atom stereocenters. The summed E-state index contributed by atoms with van der Waals surface area (Å²) in [4.78, 5) is 22.5. The summed E-state index contributed by atoms with van der Waals surface area (Å²) in [7, 11) is 0. The van der Waals surface area contributed by atoms with Gasteiger partial charge in [0.2, 0.25) is 0 Å². The molecule has 2 aliphatic rings. The molecule has 0 heterocycles. The zero-order valence-corrected chi connectivity index (χ0v) is 47.3. The van der Waals surface area contributed by atoms with Crippen LogP contribution in [0.3, 0.4) is 0 Å². The third-order valence-electron chi connectivity index (χ3n) is 17.5. The van der Waals surface area contributed by atoms with E-state index in [4.69, 9.17) is 5.11 Å². The van der Waals surface area contributed by atoms with Crippen molar-refractivity contribution in [3.8, 4) is 22.3 Å². The van der Waals surface area contributed by atoms with Crippen LogP contribution >= 0.6 is 0 Å². The van der Waals surface area contributed by atoms with E-state index in [1.54, 1.807) is 6.92 Å². The van der Waals surface area contributed by atoms with Crippen molar-refractivity contribution < 1.29 is 24.9 Å². The zero-order chi connectivity index (χ0) is 54.7. The van der Waals surface area contributed by atoms with Crippen LogP contribution in [-0.2, 0) is 33.3 Å². The first kappa shape index (κ1) is 57.6. The van der Waals surface area contributed by atoms with Gasteiger partial charge < -0.3 is 15.3 Å². The summed E-state index contributed by atoms with van der Waals surface area (Å²) < 4.78 is 0. The standard InChI is InChI=1S/C36H44O2.C35H42O3/c1-6-36(7-2,32-16-15-30(26(3)23-32)19-22-35(38)20-9-8-10-21-35)33-17-18-34(27(4)24-33)31-13-11-29(12-14-31)25-28(5)37;1-5-35(6-2,30-15-14-28(25(3)22-30)18-21-34(38)19-8-7-9-20-34)31-16-17-32(26(4)23-31)29-12-10-27(11-13-29)24-33(36)37/h11-19,22-24,38H,6-10,20-21,25H2,1-5H3;10-18,21-23,38H,5-9,19-20,24H2,1-4H3,(H,36,37)/b22-19+;21-18+. The lowest BCUT2D eigenvalue weighted by atomic mass is 9.69. The van der Waals surface area contributed by atoms with E-state index in [2.05, 4.69) is 165 Å². The van der Waals surface area contributed by atoms with Crippen molar-refractivity contribution >= 4 is 23.9 Å². The Morgan fingerprint density at radius 2 is 0.789 bits per heavy atom. The Morgan fingerprint density at radius 1 is 0.461 bits per heavy atom. The molecule has 8 rings (SSSR count). The molecule has 5 nitrogen and oxygen atoms in total. The van der Waals surface area contributed by atoms with Gasteiger partial charge in [-0.1, -0.05) is 212 Å². The van der Waals surface area contributed by atoms with Crippen molar-refractivity contribution in [1.82, 2.24) is 0 Å². The SMILES string of the molecule is CCC(CC)(c1ccc(/C=C/C2(O)CCCCC2)c(C)c1)c1ccc(-c2ccc(CC(=O)O)cc2)c(C)c1.CCC(CC)(c1ccc(/C=C/C2(O)CCCCC2)c(C)c1)c1ccc(-c2ccc(CC(C)=O)cc2)c(C)c1. The van der Waals surface area contributed by atoms with Gasteiger partial charge in [-0.2, -0.15) is 0 Å². The highest BCUT2D eigenvalue weighted by molar-refractivity contribution is 5.79. The van der Waals surface area contributed by atoms with Gasteiger partial charge in [0.05, 0.1) is 17.6 Å². The summed E-state index contributed by atoms with van der Waals surface area (Å²) in [5, 5.41) is 30.9. The highest BCUT2D eigenvalue weighted by Crippen LogP contribution is 2.43. The largest absolute Gasteiger partial charge is 0.481 e. The van der Waals surface area contributed by atoms with Gasteiger partial charge >= 0.3 is 5.97 Å². The Balaban J connectivity index is 0.000000221. The maximum Gasteiger partial charge on any atom is 0.307 e. The van der Waals surface area contributed by atoms with Gasteiger partial charge in [0.1, 0.15) is 5.78 Å². The van der Waals surface area contributed by atoms with Gasteiger partial charge in [-0.15, -0.1) is 0 Å². The van der Waals surface area contributed by atoms with Crippen molar-refractivity contribution in [2.45, 2.75) is 187 Å². The van der Waals surface area contributed by atoms with Crippen LogP contribution in [0.5, 0.6) is 0 Å². The number of rotatable bonds is 18. The Kier molecular flexibility index (Phi) is 19.2. The lowest BCUT2D eigenvalue weighted by molar-refractivity contribution is -0.136. The number of carboxylic acids is 1. The Hall–Kier alpha value is -6.14. The van der Waals surface area contributed by atoms with E-state index in [1.165, 1.54) is 85.2 Å². The van der Waals surface area contributed by atoms with Gasteiger partial charge in [-0.05, 0) is 175 Å². The van der Waals surface area contributed by atoms with Crippen LogP contribution in [-0.4, -0.2) is 38.3 Å². The maximum absolute atomic E-state index is 11.5. The van der Waals surface area contributed by atoms with E-state index >= 15 is 0 Å². The van der Waals surface area contributed by atoms with Crippen LogP contribution in [0.1, 0.15) is 191 Å². The highest BCUT2D eigenvalue weighted by Gasteiger charge is 2.34. The smallest absolute Gasteiger partial charge is 0.307 e. The predicted octanol–water partition coefficient (Wildman–Crippen LogP) is 17.3. The highest BCUT2D eigenvalue weighted by atomic mass is 16.4. The summed E-state index contributed by atoms with van der Waals surface area (Å²) in [6, 6.07) is 43.7. The molecule has 0 amide bonds. The molecule has 0 atom stereocenters. The van der Waals surface area contributed by atoms with Crippen LogP contribution in [0.25, 0.3) is 34.4 Å². The van der Waals surface area contributed by atoms with Gasteiger partial charge in [0.25, 0.3) is 0 Å². The zero-order valence-electron chi connectivity index (χ0n) is 47.3. The minimum absolute atomic E-state index is 0.0442. The number of Topliss-reactive ketones (excluding diaryl/α,β-unsaturated/α-hetero) is 1. The van der Waals surface area contributed by atoms with Gasteiger partial charge in [0.15, 0.2) is 0 Å². The van der Waals surface area contributed by atoms with Crippen molar-refractivity contribution in [3.05, 3.63) is 200 Å². The number of carbonyl (C=O) groups excluding carboxylic acids is 1. The molecule has 6 aromatic carbocycles. The van der Waals surface area contributed by atoms with E-state index in [-0.39, 0.29) is 23.0 Å². The van der Waals surface area contributed by atoms with E-state index in [0.29, 0.717) is 6.42 Å². The third kappa shape index (κ3) is 13.5. The lowest BCUT2D eigenvalue weighted by Crippen LogP contribution is -2.28. The quantitative estimate of drug-likeness (QED) is 0.0797. The molecule has 76 heavy (non-hydrogen) atoms. The number of hydrogen-bond donors (Lipinski definition) is 3. The molecule has 400 valence electrons. The summed E-state index contributed by atoms with van der Waals surface area (Å²) in [6.45, 7) is 19.5. The Labute approximate surface area is 456 Å². The molecule has 0 aliphatic heterocycles. The van der Waals surface area contributed by atoms with Crippen molar-refractivity contribution in [1.29, 1.82) is 0 Å². The van der Waals surface area contributed by atoms with E-state index in [9.17, 15) is 19.8 Å². The van der Waals surface area contributed by atoms with Crippen LogP contribution in [0.2, 0.25) is 0 Å². The molecule has 3 N–H and O–H groups in total. The second-order valence-corrected chi connectivity index (χ2v) is 22.6. The number of benzene rings is 6. The summed E-state index contributed by atoms with van der Waals surface area (Å²) >= 11 is 0. The van der Waals surface area contributed by atoms with Gasteiger partial charge in [-0.25, -0.2) is 0 Å². The lowest BCUT2D eigenvalue weighted by Gasteiger charge is -2.34. The first-order chi connectivity index (χ1) is 36.4. The monoisotopic (exact) mass is 1020 g/mol. The molecule has 6 aromatic rings. The van der Waals surface area contributed by atoms with Gasteiger partial charge in [0, 0.05) is 17.3 Å². The molecule has 0 aromatic heterocycles. The van der Waals surface area contributed by atoms with E-state index < -0.39 is 17.2 Å². The molecule has 0 spiro atoms. The fourth-order valence-electron chi connectivity index (χ4n) is 12.6. The Bertz CT molecular complexity index is 2780.